The Balaban J connectivity index is 1.59. The van der Waals surface area contributed by atoms with Crippen LogP contribution in [0.2, 0.25) is 18.1 Å². The Labute approximate surface area is 237 Å². The minimum absolute atomic E-state index is 0.0321. The van der Waals surface area contributed by atoms with Crippen LogP contribution in [-0.4, -0.2) is 47.4 Å². The summed E-state index contributed by atoms with van der Waals surface area (Å²) in [4.78, 5) is 0.0832. The van der Waals surface area contributed by atoms with E-state index in [2.05, 4.69) is 38.3 Å². The Morgan fingerprint density at radius 3 is 2.33 bits per heavy atom. The van der Waals surface area contributed by atoms with Gasteiger partial charge in [0.1, 0.15) is 30.0 Å². The van der Waals surface area contributed by atoms with Gasteiger partial charge >= 0.3 is 0 Å². The van der Waals surface area contributed by atoms with Crippen molar-refractivity contribution in [2.45, 2.75) is 94.8 Å². The first kappa shape index (κ1) is 29.2. The van der Waals surface area contributed by atoms with Crippen LogP contribution in [0.25, 0.3) is 11.0 Å². The minimum Gasteiger partial charge on any atom is -0.437 e. The van der Waals surface area contributed by atoms with Gasteiger partial charge in [-0.3, -0.25) is 0 Å². The summed E-state index contributed by atoms with van der Waals surface area (Å²) >= 11 is 0. The number of rotatable bonds is 6. The van der Waals surface area contributed by atoms with Gasteiger partial charge in [0.25, 0.3) is 10.0 Å². The Morgan fingerprint density at radius 2 is 1.65 bits per heavy atom. The highest BCUT2D eigenvalue weighted by molar-refractivity contribution is 7.90. The lowest BCUT2D eigenvalue weighted by molar-refractivity contribution is -0.190. The smallest absolute Gasteiger partial charge is 0.285 e. The second-order valence-corrected chi connectivity index (χ2v) is 19.1. The molecule has 3 heterocycles. The van der Waals surface area contributed by atoms with Crippen molar-refractivity contribution in [3.05, 3.63) is 71.3 Å². The lowest BCUT2D eigenvalue weighted by atomic mass is 10.0. The molecule has 5 rings (SSSR count). The SMILES string of the molecule is Cc1ccc(S(=O)(=O)/N=c2\oc3ccccc3cc2[C@H]2O[C@H](CO[Si](C)(C)C(C)(C)C)[C@H]3OC(C)(C)O[C@H]32)cc1. The molecule has 2 aromatic carbocycles. The van der Waals surface area contributed by atoms with Gasteiger partial charge in [0.05, 0.1) is 11.5 Å². The third-order valence-corrected chi connectivity index (χ3v) is 13.9. The molecular weight excluding hydrogens is 546 g/mol. The zero-order chi connectivity index (χ0) is 29.1. The molecule has 2 aliphatic heterocycles. The van der Waals surface area contributed by atoms with E-state index in [0.717, 1.165) is 10.9 Å². The number of nitrogens with zero attached hydrogens (tertiary/aromatic N) is 1. The first-order chi connectivity index (χ1) is 18.6. The number of fused-ring (bicyclic) bond motifs is 2. The van der Waals surface area contributed by atoms with E-state index in [1.54, 1.807) is 30.3 Å². The van der Waals surface area contributed by atoms with Crippen molar-refractivity contribution >= 4 is 29.3 Å². The Kier molecular flexibility index (Phi) is 7.42. The van der Waals surface area contributed by atoms with Gasteiger partial charge in [-0.15, -0.1) is 4.40 Å². The molecule has 2 fully saturated rings. The highest BCUT2D eigenvalue weighted by atomic mass is 32.2. The molecule has 0 N–H and O–H groups in total. The Morgan fingerprint density at radius 1 is 1.00 bits per heavy atom. The molecule has 40 heavy (non-hydrogen) atoms. The second-order valence-electron chi connectivity index (χ2n) is 12.7. The van der Waals surface area contributed by atoms with E-state index in [1.165, 1.54) is 0 Å². The van der Waals surface area contributed by atoms with Crippen molar-refractivity contribution < 1.29 is 31.5 Å². The highest BCUT2D eigenvalue weighted by Gasteiger charge is 2.56. The maximum atomic E-state index is 13.4. The number of sulfonamides is 1. The van der Waals surface area contributed by atoms with Crippen LogP contribution in [0.5, 0.6) is 0 Å². The molecule has 10 heteroatoms. The molecule has 0 spiro atoms. The number of para-hydroxylation sites is 1. The summed E-state index contributed by atoms with van der Waals surface area (Å²) in [6.07, 6.45) is -2.01. The van der Waals surface area contributed by atoms with E-state index >= 15 is 0 Å². The fourth-order valence-corrected chi connectivity index (χ4v) is 6.77. The molecule has 1 aromatic heterocycles. The molecule has 8 nitrogen and oxygen atoms in total. The fourth-order valence-electron chi connectivity index (χ4n) is 4.81. The average Bonchev–Trinajstić information content (AvgIpc) is 3.34. The van der Waals surface area contributed by atoms with Gasteiger partial charge in [0, 0.05) is 10.9 Å². The van der Waals surface area contributed by atoms with Gasteiger partial charge in [-0.05, 0) is 63.2 Å². The van der Waals surface area contributed by atoms with Crippen molar-refractivity contribution in [2.75, 3.05) is 6.61 Å². The third-order valence-electron chi connectivity index (χ3n) is 8.08. The Hall–Kier alpha value is -2.34. The predicted octanol–water partition coefficient (Wildman–Crippen LogP) is 6.01. The molecule has 3 aromatic rings. The lowest BCUT2D eigenvalue weighted by Crippen LogP contribution is -2.44. The monoisotopic (exact) mass is 585 g/mol. The standard InChI is InChI=1S/C30H39NO7SSi/c1-19-13-15-21(16-14-19)39(32,33)31-28-22(17-20-11-9-10-12-23(20)36-28)25-27-26(37-30(5,6)38-27)24(35-25)18-34-40(7,8)29(2,3)4/h9-17,24-27H,18H2,1-8H3/b31-28-/t24-,25-,26-,27+/m1/s1. The maximum Gasteiger partial charge on any atom is 0.285 e. The molecule has 2 saturated heterocycles. The van der Waals surface area contributed by atoms with Gasteiger partial charge in [-0.1, -0.05) is 56.7 Å². The van der Waals surface area contributed by atoms with Gasteiger partial charge < -0.3 is 23.1 Å². The van der Waals surface area contributed by atoms with Gasteiger partial charge in [0.15, 0.2) is 14.1 Å². The van der Waals surface area contributed by atoms with Crippen LogP contribution in [0.1, 0.15) is 51.8 Å². The van der Waals surface area contributed by atoms with Crippen molar-refractivity contribution in [1.29, 1.82) is 0 Å². The van der Waals surface area contributed by atoms with Crippen LogP contribution in [0.3, 0.4) is 0 Å². The van der Waals surface area contributed by atoms with E-state index in [-0.39, 0.29) is 15.5 Å². The van der Waals surface area contributed by atoms with Gasteiger partial charge in [-0.25, -0.2) is 0 Å². The fraction of sp³-hybridized carbons (Fsp3) is 0.500. The summed E-state index contributed by atoms with van der Waals surface area (Å²) in [6.45, 7) is 16.9. The van der Waals surface area contributed by atoms with E-state index in [9.17, 15) is 8.42 Å². The molecule has 0 saturated carbocycles. The molecule has 2 aliphatic rings. The minimum atomic E-state index is -4.07. The number of aryl methyl sites for hydroxylation is 1. The first-order valence-electron chi connectivity index (χ1n) is 13.6. The molecule has 0 amide bonds. The summed E-state index contributed by atoms with van der Waals surface area (Å²) < 4.78 is 62.8. The molecule has 0 unspecified atom stereocenters. The van der Waals surface area contributed by atoms with Crippen LogP contribution in [0.4, 0.5) is 0 Å². The second kappa shape index (κ2) is 10.2. The zero-order valence-electron chi connectivity index (χ0n) is 24.4. The van der Waals surface area contributed by atoms with Crippen molar-refractivity contribution in [2.24, 2.45) is 4.40 Å². The van der Waals surface area contributed by atoms with Crippen molar-refractivity contribution in [3.8, 4) is 0 Å². The number of hydrogen-bond acceptors (Lipinski definition) is 7. The number of hydrogen-bond donors (Lipinski definition) is 0. The van der Waals surface area contributed by atoms with E-state index < -0.39 is 48.5 Å². The van der Waals surface area contributed by atoms with Crippen LogP contribution < -0.4 is 5.55 Å². The topological polar surface area (TPSA) is 96.6 Å². The van der Waals surface area contributed by atoms with E-state index in [0.29, 0.717) is 17.8 Å². The normalized spacial score (nSPS) is 25.4. The summed E-state index contributed by atoms with van der Waals surface area (Å²) in [5.74, 6) is -0.841. The van der Waals surface area contributed by atoms with Gasteiger partial charge in [-0.2, -0.15) is 8.42 Å². The van der Waals surface area contributed by atoms with E-state index in [1.807, 2.05) is 45.0 Å². The number of benzene rings is 2. The van der Waals surface area contributed by atoms with Crippen LogP contribution in [0, 0.1) is 6.92 Å². The first-order valence-corrected chi connectivity index (χ1v) is 18.0. The largest absolute Gasteiger partial charge is 0.437 e. The van der Waals surface area contributed by atoms with E-state index in [4.69, 9.17) is 23.1 Å². The third kappa shape index (κ3) is 5.70. The van der Waals surface area contributed by atoms with Crippen molar-refractivity contribution in [1.82, 2.24) is 0 Å². The number of ether oxygens (including phenoxy) is 3. The summed E-state index contributed by atoms with van der Waals surface area (Å²) in [6, 6.07) is 15.8. The summed E-state index contributed by atoms with van der Waals surface area (Å²) in [5, 5.41) is 0.827. The zero-order valence-corrected chi connectivity index (χ0v) is 26.2. The summed E-state index contributed by atoms with van der Waals surface area (Å²) in [5.41, 5.74) is 1.91. The maximum absolute atomic E-state index is 13.4. The van der Waals surface area contributed by atoms with Gasteiger partial charge in [0.2, 0.25) is 5.55 Å². The van der Waals surface area contributed by atoms with Crippen molar-refractivity contribution in [3.63, 3.8) is 0 Å². The molecule has 0 bridgehead atoms. The molecule has 4 atom stereocenters. The lowest BCUT2D eigenvalue weighted by Gasteiger charge is -2.37. The quantitative estimate of drug-likeness (QED) is 0.327. The molecule has 0 radical (unpaired) electrons. The Bertz CT molecular complexity index is 1570. The van der Waals surface area contributed by atoms with Crippen LogP contribution >= 0.6 is 0 Å². The molecular formula is C30H39NO7SSi. The van der Waals surface area contributed by atoms with Crippen LogP contribution in [0.15, 0.2) is 68.3 Å². The average molecular weight is 586 g/mol. The van der Waals surface area contributed by atoms with Crippen LogP contribution in [-0.2, 0) is 28.7 Å². The summed E-state index contributed by atoms with van der Waals surface area (Å²) in [7, 11) is -6.14. The predicted molar refractivity (Wildman–Crippen MR) is 155 cm³/mol. The molecule has 216 valence electrons. The molecule has 0 aliphatic carbocycles. The highest BCUT2D eigenvalue weighted by Crippen LogP contribution is 2.46.